The molecule has 1 aliphatic heterocycles. The van der Waals surface area contributed by atoms with Crippen molar-refractivity contribution >= 4 is 17.5 Å². The first kappa shape index (κ1) is 26.8. The summed E-state index contributed by atoms with van der Waals surface area (Å²) in [5.41, 5.74) is 2.61. The van der Waals surface area contributed by atoms with Crippen molar-refractivity contribution in [3.05, 3.63) is 58.1 Å². The van der Waals surface area contributed by atoms with E-state index in [9.17, 15) is 14.3 Å². The minimum atomic E-state index is -0.893. The summed E-state index contributed by atoms with van der Waals surface area (Å²) in [5.74, 6) is 0.0960. The zero-order valence-electron chi connectivity index (χ0n) is 21.5. The number of hydrogen-bond acceptors (Lipinski definition) is 5. The molecule has 1 fully saturated rings. The Hall–Kier alpha value is -2.22. The van der Waals surface area contributed by atoms with Gasteiger partial charge in [-0.3, -0.25) is 9.78 Å². The number of aliphatic hydroxyl groups is 1. The number of fused-ring (bicyclic) bond motifs is 1. The molecule has 196 valence electrons. The van der Waals surface area contributed by atoms with Crippen LogP contribution in [-0.4, -0.2) is 40.3 Å². The number of carbonyl (C=O) groups is 1. The number of rotatable bonds is 8. The summed E-state index contributed by atoms with van der Waals surface area (Å²) in [6.07, 6.45) is 6.02. The van der Waals surface area contributed by atoms with E-state index in [0.717, 1.165) is 49.1 Å². The fourth-order valence-corrected chi connectivity index (χ4v) is 5.49. The summed E-state index contributed by atoms with van der Waals surface area (Å²) in [6.45, 7) is 8.23. The number of aromatic nitrogens is 1. The summed E-state index contributed by atoms with van der Waals surface area (Å²) in [4.78, 5) is 16.5. The number of nitrogens with zero attached hydrogens (tertiary/aromatic N) is 1. The molecule has 2 aliphatic rings. The van der Waals surface area contributed by atoms with Gasteiger partial charge in [-0.25, -0.2) is 4.39 Å². The number of amides is 1. The van der Waals surface area contributed by atoms with E-state index in [1.807, 2.05) is 6.20 Å². The molecule has 0 bridgehead atoms. The first-order chi connectivity index (χ1) is 16.9. The molecule has 1 amide bonds. The molecule has 2 heterocycles. The van der Waals surface area contributed by atoms with Gasteiger partial charge in [0, 0.05) is 42.2 Å². The van der Waals surface area contributed by atoms with Gasteiger partial charge in [-0.05, 0) is 67.3 Å². The quantitative estimate of drug-likeness (QED) is 0.463. The Kier molecular flexibility index (Phi) is 7.93. The van der Waals surface area contributed by atoms with Crippen LogP contribution in [0.5, 0.6) is 5.75 Å². The molecule has 1 aromatic carbocycles. The molecule has 0 radical (unpaired) electrons. The molecule has 0 unspecified atom stereocenters. The van der Waals surface area contributed by atoms with Crippen LogP contribution >= 0.6 is 11.6 Å². The third-order valence-electron chi connectivity index (χ3n) is 7.01. The Morgan fingerprint density at radius 3 is 2.67 bits per heavy atom. The molecule has 1 spiro atoms. The van der Waals surface area contributed by atoms with E-state index in [-0.39, 0.29) is 41.0 Å². The van der Waals surface area contributed by atoms with E-state index in [2.05, 4.69) is 42.5 Å². The summed E-state index contributed by atoms with van der Waals surface area (Å²) in [7, 11) is 0. The second-order valence-electron chi connectivity index (χ2n) is 11.6. The van der Waals surface area contributed by atoms with E-state index < -0.39 is 18.0 Å². The predicted octanol–water partition coefficient (Wildman–Crippen LogP) is 4.91. The molecule has 1 saturated carbocycles. The largest absolute Gasteiger partial charge is 0.485 e. The average molecular weight is 518 g/mol. The van der Waals surface area contributed by atoms with Gasteiger partial charge in [0.05, 0.1) is 18.3 Å². The Balaban J connectivity index is 1.51. The van der Waals surface area contributed by atoms with E-state index in [1.165, 1.54) is 19.1 Å². The van der Waals surface area contributed by atoms with Crippen LogP contribution in [0, 0.1) is 11.2 Å². The molecule has 3 N–H and O–H groups in total. The Labute approximate surface area is 218 Å². The first-order valence-corrected chi connectivity index (χ1v) is 13.1. The van der Waals surface area contributed by atoms with Crippen LogP contribution in [0.2, 0.25) is 5.02 Å². The molecule has 0 saturated heterocycles. The Bertz CT molecular complexity index is 1080. The van der Waals surface area contributed by atoms with Crippen LogP contribution in [0.4, 0.5) is 4.39 Å². The number of ether oxygens (including phenoxy) is 1. The lowest BCUT2D eigenvalue weighted by molar-refractivity contribution is -0.120. The van der Waals surface area contributed by atoms with Gasteiger partial charge in [-0.1, -0.05) is 32.4 Å². The number of hydrogen-bond donors (Lipinski definition) is 3. The van der Waals surface area contributed by atoms with Crippen molar-refractivity contribution < 1.29 is 19.0 Å². The highest BCUT2D eigenvalue weighted by Gasteiger charge is 2.46. The van der Waals surface area contributed by atoms with Crippen molar-refractivity contribution in [3.8, 4) is 5.75 Å². The SMILES string of the molecule is CC(=O)N[C@@H](Cc1cc(F)cc(Cl)c1)[C@@H](O)CN[C@H]1CC2(CCC2)Oc2cnc(CC(C)(C)C)cc21. The lowest BCUT2D eigenvalue weighted by atomic mass is 9.73. The second-order valence-corrected chi connectivity index (χ2v) is 12.0. The zero-order chi connectivity index (χ0) is 26.1. The van der Waals surface area contributed by atoms with Crippen molar-refractivity contribution in [2.24, 2.45) is 5.41 Å². The van der Waals surface area contributed by atoms with Crippen molar-refractivity contribution in [1.29, 1.82) is 0 Å². The number of pyridine rings is 1. The molecular weight excluding hydrogens is 481 g/mol. The average Bonchev–Trinajstić information content (AvgIpc) is 2.73. The van der Waals surface area contributed by atoms with Crippen LogP contribution < -0.4 is 15.4 Å². The van der Waals surface area contributed by atoms with Gasteiger partial charge in [0.25, 0.3) is 0 Å². The second kappa shape index (κ2) is 10.6. The van der Waals surface area contributed by atoms with E-state index in [1.54, 1.807) is 6.07 Å². The van der Waals surface area contributed by atoms with Gasteiger partial charge in [-0.15, -0.1) is 0 Å². The third-order valence-corrected chi connectivity index (χ3v) is 7.23. The first-order valence-electron chi connectivity index (χ1n) is 12.7. The molecule has 2 aromatic rings. The summed E-state index contributed by atoms with van der Waals surface area (Å²) >= 11 is 6.01. The Morgan fingerprint density at radius 2 is 2.06 bits per heavy atom. The van der Waals surface area contributed by atoms with Gasteiger partial charge >= 0.3 is 0 Å². The minimum absolute atomic E-state index is 0.00740. The van der Waals surface area contributed by atoms with Gasteiger partial charge in [0.2, 0.25) is 5.91 Å². The van der Waals surface area contributed by atoms with Crippen LogP contribution in [0.1, 0.15) is 76.2 Å². The topological polar surface area (TPSA) is 83.5 Å². The molecule has 3 atom stereocenters. The van der Waals surface area contributed by atoms with Gasteiger partial charge in [0.1, 0.15) is 17.2 Å². The number of aliphatic hydroxyl groups excluding tert-OH is 1. The van der Waals surface area contributed by atoms with Crippen LogP contribution in [0.25, 0.3) is 0 Å². The summed E-state index contributed by atoms with van der Waals surface area (Å²) in [6, 6.07) is 5.78. The fraction of sp³-hybridized carbons (Fsp3) is 0.571. The highest BCUT2D eigenvalue weighted by atomic mass is 35.5. The van der Waals surface area contributed by atoms with Crippen molar-refractivity contribution in [2.75, 3.05) is 6.54 Å². The molecule has 4 rings (SSSR count). The monoisotopic (exact) mass is 517 g/mol. The molecule has 1 aliphatic carbocycles. The maximum absolute atomic E-state index is 13.9. The normalized spacial score (nSPS) is 20.1. The van der Waals surface area contributed by atoms with Gasteiger partial charge < -0.3 is 20.5 Å². The smallest absolute Gasteiger partial charge is 0.217 e. The lowest BCUT2D eigenvalue weighted by Crippen LogP contribution is -2.52. The van der Waals surface area contributed by atoms with Crippen molar-refractivity contribution in [2.45, 2.75) is 90.0 Å². The maximum Gasteiger partial charge on any atom is 0.217 e. The molecule has 36 heavy (non-hydrogen) atoms. The van der Waals surface area contributed by atoms with Crippen LogP contribution in [-0.2, 0) is 17.6 Å². The van der Waals surface area contributed by atoms with Crippen LogP contribution in [0.15, 0.2) is 30.5 Å². The van der Waals surface area contributed by atoms with Gasteiger partial charge in [0.15, 0.2) is 0 Å². The third kappa shape index (κ3) is 6.75. The molecule has 8 heteroatoms. The maximum atomic E-state index is 13.9. The van der Waals surface area contributed by atoms with E-state index in [4.69, 9.17) is 16.3 Å². The minimum Gasteiger partial charge on any atom is -0.485 e. The van der Waals surface area contributed by atoms with E-state index >= 15 is 0 Å². The molecule has 1 aromatic heterocycles. The highest BCUT2D eigenvalue weighted by Crippen LogP contribution is 2.48. The number of carbonyl (C=O) groups excluding carboxylic acids is 1. The van der Waals surface area contributed by atoms with Crippen molar-refractivity contribution in [3.63, 3.8) is 0 Å². The standard InChI is InChI=1S/C28H37ClFN3O3/c1-17(34)33-23(10-18-8-19(29)11-20(30)9-18)25(35)15-32-24-14-28(6-5-7-28)36-26-16-31-21(12-22(24)26)13-27(2,3)4/h8-9,11-12,16,23-25,32,35H,5-7,10,13-15H2,1-4H3,(H,33,34)/t23-,24-,25-/m0/s1. The fourth-order valence-electron chi connectivity index (χ4n) is 5.25. The molecular formula is C28H37ClFN3O3. The summed E-state index contributed by atoms with van der Waals surface area (Å²) < 4.78 is 20.3. The van der Waals surface area contributed by atoms with Gasteiger partial charge in [-0.2, -0.15) is 0 Å². The summed E-state index contributed by atoms with van der Waals surface area (Å²) in [5, 5.41) is 17.7. The van der Waals surface area contributed by atoms with Crippen molar-refractivity contribution in [1.82, 2.24) is 15.6 Å². The zero-order valence-corrected chi connectivity index (χ0v) is 22.3. The predicted molar refractivity (Wildman–Crippen MR) is 139 cm³/mol. The number of benzene rings is 1. The van der Waals surface area contributed by atoms with Crippen LogP contribution in [0.3, 0.4) is 0 Å². The number of halogens is 2. The number of nitrogens with one attached hydrogen (secondary N) is 2. The molecule has 6 nitrogen and oxygen atoms in total. The highest BCUT2D eigenvalue weighted by molar-refractivity contribution is 6.30. The van der Waals surface area contributed by atoms with E-state index in [0.29, 0.717) is 5.56 Å². The Morgan fingerprint density at radius 1 is 1.31 bits per heavy atom. The lowest BCUT2D eigenvalue weighted by Gasteiger charge is -2.48.